The van der Waals surface area contributed by atoms with E-state index in [1.807, 2.05) is 34.6 Å². The highest BCUT2D eigenvalue weighted by molar-refractivity contribution is 7.80. The molecule has 106 valence electrons. The molecule has 5 heteroatoms. The van der Waals surface area contributed by atoms with Gasteiger partial charge < -0.3 is 15.1 Å². The van der Waals surface area contributed by atoms with Crippen molar-refractivity contribution in [3.63, 3.8) is 0 Å². The van der Waals surface area contributed by atoms with E-state index in [4.69, 9.17) is 22.4 Å². The summed E-state index contributed by atoms with van der Waals surface area (Å²) in [6, 6.07) is 0.0934. The largest absolute Gasteiger partial charge is 0.466 e. The summed E-state index contributed by atoms with van der Waals surface area (Å²) in [7, 11) is 0. The number of furan rings is 1. The second kappa shape index (κ2) is 6.19. The molecule has 0 saturated heterocycles. The van der Waals surface area contributed by atoms with Gasteiger partial charge in [-0.25, -0.2) is 0 Å². The van der Waals surface area contributed by atoms with Crippen molar-refractivity contribution in [2.45, 2.75) is 47.1 Å². The Kier molecular flexibility index (Phi) is 5.11. The molecule has 1 heterocycles. The van der Waals surface area contributed by atoms with Crippen molar-refractivity contribution >= 4 is 23.1 Å². The lowest BCUT2D eigenvalue weighted by Crippen LogP contribution is -2.39. The number of rotatable bonds is 5. The lowest BCUT2D eigenvalue weighted by atomic mass is 10.1. The minimum Gasteiger partial charge on any atom is -0.466 e. The second-order valence-electron chi connectivity index (χ2n) is 5.02. The van der Waals surface area contributed by atoms with Crippen LogP contribution in [0.25, 0.3) is 0 Å². The Morgan fingerprint density at radius 1 is 1.32 bits per heavy atom. The summed E-state index contributed by atoms with van der Waals surface area (Å²) < 4.78 is 5.52. The van der Waals surface area contributed by atoms with Crippen LogP contribution in [0.4, 0.5) is 0 Å². The molecular weight excluding hydrogens is 260 g/mol. The Morgan fingerprint density at radius 2 is 1.89 bits per heavy atom. The van der Waals surface area contributed by atoms with Gasteiger partial charge in [0.25, 0.3) is 5.91 Å². The number of carbonyl (C=O) groups is 1. The highest BCUT2D eigenvalue weighted by Crippen LogP contribution is 2.23. The fourth-order valence-electron chi connectivity index (χ4n) is 2.08. The molecule has 0 bridgehead atoms. The van der Waals surface area contributed by atoms with Crippen molar-refractivity contribution in [1.82, 2.24) is 4.90 Å². The Bertz CT molecular complexity index is 492. The Hall–Kier alpha value is -1.36. The zero-order chi connectivity index (χ0) is 14.7. The number of thiocarbonyl (C=S) groups is 1. The summed E-state index contributed by atoms with van der Waals surface area (Å²) >= 11 is 4.88. The van der Waals surface area contributed by atoms with Crippen molar-refractivity contribution in [1.29, 1.82) is 0 Å². The normalized spacial score (nSPS) is 10.8. The number of carbonyl (C=O) groups excluding carboxylic acids is 1. The minimum absolute atomic E-state index is 0.0156. The minimum atomic E-state index is -0.0156. The van der Waals surface area contributed by atoms with E-state index in [-0.39, 0.29) is 11.9 Å². The molecule has 0 radical (unpaired) electrons. The van der Waals surface area contributed by atoms with Crippen LogP contribution >= 0.6 is 12.2 Å². The number of aryl methyl sites for hydroxylation is 2. The maximum atomic E-state index is 12.6. The van der Waals surface area contributed by atoms with Gasteiger partial charge in [0.05, 0.1) is 10.6 Å². The molecule has 1 aromatic rings. The van der Waals surface area contributed by atoms with Crippen molar-refractivity contribution in [3.05, 3.63) is 22.6 Å². The van der Waals surface area contributed by atoms with Crippen LogP contribution in [0.1, 0.15) is 47.7 Å². The number of nitrogens with zero attached hydrogens (tertiary/aromatic N) is 1. The molecule has 0 aliphatic carbocycles. The fraction of sp³-hybridized carbons (Fsp3) is 0.571. The predicted molar refractivity (Wildman–Crippen MR) is 80.5 cm³/mol. The molecule has 0 unspecified atom stereocenters. The van der Waals surface area contributed by atoms with Crippen molar-refractivity contribution in [2.24, 2.45) is 5.73 Å². The van der Waals surface area contributed by atoms with Crippen LogP contribution in [0.15, 0.2) is 4.42 Å². The van der Waals surface area contributed by atoms with Gasteiger partial charge >= 0.3 is 0 Å². The second-order valence-corrected chi connectivity index (χ2v) is 5.55. The van der Waals surface area contributed by atoms with Crippen molar-refractivity contribution in [2.75, 3.05) is 6.54 Å². The number of nitrogens with two attached hydrogens (primary N) is 1. The molecule has 0 saturated carbocycles. The lowest BCUT2D eigenvalue weighted by Gasteiger charge is -2.26. The van der Waals surface area contributed by atoms with Gasteiger partial charge in [0.1, 0.15) is 11.5 Å². The smallest absolute Gasteiger partial charge is 0.257 e. The third kappa shape index (κ3) is 3.56. The van der Waals surface area contributed by atoms with Gasteiger partial charge in [0.15, 0.2) is 0 Å². The summed E-state index contributed by atoms with van der Waals surface area (Å²) in [5.41, 5.74) is 7.09. The van der Waals surface area contributed by atoms with E-state index in [0.717, 1.165) is 11.3 Å². The summed E-state index contributed by atoms with van der Waals surface area (Å²) in [6.07, 6.45) is 0.536. The molecule has 4 nitrogen and oxygen atoms in total. The quantitative estimate of drug-likeness (QED) is 0.844. The summed E-state index contributed by atoms with van der Waals surface area (Å²) in [6.45, 7) is 10.1. The van der Waals surface area contributed by atoms with E-state index in [9.17, 15) is 4.79 Å². The molecule has 1 amide bonds. The first-order valence-electron chi connectivity index (χ1n) is 6.41. The van der Waals surface area contributed by atoms with Crippen molar-refractivity contribution < 1.29 is 9.21 Å². The molecule has 0 aliphatic rings. The van der Waals surface area contributed by atoms with Gasteiger partial charge in [-0.3, -0.25) is 4.79 Å². The third-order valence-corrected chi connectivity index (χ3v) is 3.46. The van der Waals surface area contributed by atoms with Crippen LogP contribution in [0.5, 0.6) is 0 Å². The Balaban J connectivity index is 3.02. The first-order valence-corrected chi connectivity index (χ1v) is 6.82. The zero-order valence-electron chi connectivity index (χ0n) is 12.2. The maximum Gasteiger partial charge on any atom is 0.257 e. The molecule has 0 fully saturated rings. The van der Waals surface area contributed by atoms with E-state index in [0.29, 0.717) is 29.3 Å². The Morgan fingerprint density at radius 3 is 2.26 bits per heavy atom. The maximum absolute atomic E-state index is 12.6. The number of hydrogen-bond acceptors (Lipinski definition) is 3. The van der Waals surface area contributed by atoms with Gasteiger partial charge in [-0.05, 0) is 34.6 Å². The Labute approximate surface area is 119 Å². The van der Waals surface area contributed by atoms with Crippen LogP contribution in [-0.4, -0.2) is 28.4 Å². The standard InChI is InChI=1S/C14H22N2O2S/c1-8(2)16(7-6-12(15)19)14(17)13-9(3)10(4)18-11(13)5/h8H,6-7H2,1-5H3,(H2,15,19). The van der Waals surface area contributed by atoms with E-state index >= 15 is 0 Å². The molecule has 0 aliphatic heterocycles. The average Bonchev–Trinajstić information content (AvgIpc) is 2.52. The monoisotopic (exact) mass is 282 g/mol. The van der Waals surface area contributed by atoms with Gasteiger partial charge in [-0.2, -0.15) is 0 Å². The summed E-state index contributed by atoms with van der Waals surface area (Å²) in [4.78, 5) is 14.8. The van der Waals surface area contributed by atoms with E-state index in [1.165, 1.54) is 0 Å². The molecule has 0 spiro atoms. The highest BCUT2D eigenvalue weighted by atomic mass is 32.1. The number of hydrogen-bond donors (Lipinski definition) is 1. The van der Waals surface area contributed by atoms with Crippen LogP contribution in [-0.2, 0) is 0 Å². The topological polar surface area (TPSA) is 59.5 Å². The van der Waals surface area contributed by atoms with E-state index < -0.39 is 0 Å². The molecular formula is C14H22N2O2S. The molecule has 2 N–H and O–H groups in total. The van der Waals surface area contributed by atoms with Gasteiger partial charge in [-0.1, -0.05) is 12.2 Å². The van der Waals surface area contributed by atoms with Crippen LogP contribution in [0, 0.1) is 20.8 Å². The van der Waals surface area contributed by atoms with Crippen LogP contribution in [0.3, 0.4) is 0 Å². The summed E-state index contributed by atoms with van der Waals surface area (Å²) in [5.74, 6) is 1.44. The van der Waals surface area contributed by atoms with E-state index in [2.05, 4.69) is 0 Å². The van der Waals surface area contributed by atoms with Gasteiger partial charge in [0, 0.05) is 24.6 Å². The molecule has 1 aromatic heterocycles. The van der Waals surface area contributed by atoms with Gasteiger partial charge in [-0.15, -0.1) is 0 Å². The third-order valence-electron chi connectivity index (χ3n) is 3.26. The lowest BCUT2D eigenvalue weighted by molar-refractivity contribution is 0.0709. The predicted octanol–water partition coefficient (Wildman–Crippen LogP) is 2.73. The first kappa shape index (κ1) is 15.7. The average molecular weight is 282 g/mol. The summed E-state index contributed by atoms with van der Waals surface area (Å²) in [5, 5.41) is 0. The molecule has 1 rings (SSSR count). The SMILES string of the molecule is Cc1oc(C)c(C(=O)N(CCC(N)=S)C(C)C)c1C. The zero-order valence-corrected chi connectivity index (χ0v) is 13.1. The highest BCUT2D eigenvalue weighted by Gasteiger charge is 2.25. The van der Waals surface area contributed by atoms with Crippen LogP contribution < -0.4 is 5.73 Å². The molecule has 0 atom stereocenters. The number of amides is 1. The van der Waals surface area contributed by atoms with Crippen molar-refractivity contribution in [3.8, 4) is 0 Å². The fourth-order valence-corrected chi connectivity index (χ4v) is 2.17. The molecule has 0 aromatic carbocycles. The van der Waals surface area contributed by atoms with Gasteiger partial charge in [0.2, 0.25) is 0 Å². The first-order chi connectivity index (χ1) is 8.75. The van der Waals surface area contributed by atoms with E-state index in [1.54, 1.807) is 4.90 Å². The van der Waals surface area contributed by atoms with Crippen LogP contribution in [0.2, 0.25) is 0 Å². The molecule has 19 heavy (non-hydrogen) atoms.